The molecule has 8 heteroatoms. The first-order valence-electron chi connectivity index (χ1n) is 7.19. The van der Waals surface area contributed by atoms with Crippen molar-refractivity contribution < 1.29 is 19.1 Å². The van der Waals surface area contributed by atoms with Crippen LogP contribution < -0.4 is 10.1 Å². The van der Waals surface area contributed by atoms with Gasteiger partial charge in [0, 0.05) is 5.02 Å². The van der Waals surface area contributed by atoms with Gasteiger partial charge in [-0.15, -0.1) is 0 Å². The van der Waals surface area contributed by atoms with Crippen LogP contribution in [0.4, 0.5) is 5.69 Å². The summed E-state index contributed by atoms with van der Waals surface area (Å²) in [4.78, 5) is 23.7. The summed E-state index contributed by atoms with van der Waals surface area (Å²) >= 11 is 17.6. The van der Waals surface area contributed by atoms with Crippen LogP contribution in [0.25, 0.3) is 0 Å². The van der Waals surface area contributed by atoms with Gasteiger partial charge in [0.25, 0.3) is 5.91 Å². The topological polar surface area (TPSA) is 64.6 Å². The molecule has 0 heterocycles. The smallest absolute Gasteiger partial charge is 0.347 e. The van der Waals surface area contributed by atoms with Crippen LogP contribution in [0.2, 0.25) is 15.1 Å². The Hall–Kier alpha value is -1.95. The average molecular weight is 403 g/mol. The lowest BCUT2D eigenvalue weighted by molar-refractivity contribution is -0.153. The van der Waals surface area contributed by atoms with Crippen LogP contribution >= 0.6 is 34.8 Å². The molecule has 0 aromatic heterocycles. The monoisotopic (exact) mass is 401 g/mol. The molecule has 0 spiro atoms. The van der Waals surface area contributed by atoms with Gasteiger partial charge in [0.2, 0.25) is 0 Å². The summed E-state index contributed by atoms with van der Waals surface area (Å²) in [6.45, 7) is 1.04. The maximum atomic E-state index is 11.9. The van der Waals surface area contributed by atoms with Gasteiger partial charge >= 0.3 is 5.97 Å². The number of carbonyl (C=O) groups excluding carboxylic acids is 2. The summed E-state index contributed by atoms with van der Waals surface area (Å²) in [6.07, 6.45) is -0.885. The molecule has 0 aliphatic rings. The van der Waals surface area contributed by atoms with Crippen LogP contribution in [0.1, 0.15) is 6.92 Å². The predicted octanol–water partition coefficient (Wildman–Crippen LogP) is 4.60. The van der Waals surface area contributed by atoms with E-state index in [0.29, 0.717) is 21.5 Å². The van der Waals surface area contributed by atoms with Gasteiger partial charge in [-0.05, 0) is 43.3 Å². The Morgan fingerprint density at radius 3 is 2.44 bits per heavy atom. The van der Waals surface area contributed by atoms with Crippen molar-refractivity contribution in [2.24, 2.45) is 0 Å². The van der Waals surface area contributed by atoms with Crippen molar-refractivity contribution in [3.05, 3.63) is 57.5 Å². The van der Waals surface area contributed by atoms with Crippen molar-refractivity contribution in [1.29, 1.82) is 0 Å². The fraction of sp³-hybridized carbons (Fsp3) is 0.176. The Morgan fingerprint density at radius 1 is 1.08 bits per heavy atom. The SMILES string of the molecule is C[C@H](Oc1ccc(Cl)cc1)C(=O)OCC(=O)Nc1cccc(Cl)c1Cl. The summed E-state index contributed by atoms with van der Waals surface area (Å²) in [5.41, 5.74) is 0.334. The fourth-order valence-electron chi connectivity index (χ4n) is 1.81. The van der Waals surface area contributed by atoms with Gasteiger partial charge in [-0.25, -0.2) is 4.79 Å². The second kappa shape index (κ2) is 8.94. The second-order valence-corrected chi connectivity index (χ2v) is 6.19. The average Bonchev–Trinajstić information content (AvgIpc) is 2.59. The number of rotatable bonds is 6. The highest BCUT2D eigenvalue weighted by Crippen LogP contribution is 2.29. The number of esters is 1. The van der Waals surface area contributed by atoms with Gasteiger partial charge in [-0.1, -0.05) is 40.9 Å². The molecular formula is C17H14Cl3NO4. The van der Waals surface area contributed by atoms with Gasteiger partial charge in [-0.3, -0.25) is 4.79 Å². The van der Waals surface area contributed by atoms with Gasteiger partial charge in [0.15, 0.2) is 12.7 Å². The minimum absolute atomic E-state index is 0.211. The van der Waals surface area contributed by atoms with E-state index in [9.17, 15) is 9.59 Å². The highest BCUT2D eigenvalue weighted by molar-refractivity contribution is 6.44. The number of anilines is 1. The molecule has 0 radical (unpaired) electrons. The van der Waals surface area contributed by atoms with Gasteiger partial charge < -0.3 is 14.8 Å². The third-order valence-electron chi connectivity index (χ3n) is 3.03. The Morgan fingerprint density at radius 2 is 1.76 bits per heavy atom. The van der Waals surface area contributed by atoms with E-state index in [2.05, 4.69) is 5.32 Å². The van der Waals surface area contributed by atoms with E-state index in [1.807, 2.05) is 0 Å². The normalized spacial score (nSPS) is 11.5. The van der Waals surface area contributed by atoms with Crippen molar-refractivity contribution in [2.75, 3.05) is 11.9 Å². The maximum absolute atomic E-state index is 11.9. The molecule has 2 aromatic rings. The van der Waals surface area contributed by atoms with E-state index < -0.39 is 24.6 Å². The first-order chi connectivity index (χ1) is 11.9. The van der Waals surface area contributed by atoms with Crippen LogP contribution in [-0.4, -0.2) is 24.6 Å². The first kappa shape index (κ1) is 19.4. The lowest BCUT2D eigenvalue weighted by Gasteiger charge is -2.14. The number of amides is 1. The molecule has 1 atom stereocenters. The number of benzene rings is 2. The Kier molecular flexibility index (Phi) is 6.93. The molecule has 0 bridgehead atoms. The molecule has 0 fully saturated rings. The molecule has 1 N–H and O–H groups in total. The van der Waals surface area contributed by atoms with Crippen LogP contribution in [0.5, 0.6) is 5.75 Å². The zero-order valence-electron chi connectivity index (χ0n) is 13.1. The lowest BCUT2D eigenvalue weighted by Crippen LogP contribution is -2.29. The van der Waals surface area contributed by atoms with E-state index in [4.69, 9.17) is 44.3 Å². The van der Waals surface area contributed by atoms with E-state index in [1.54, 1.807) is 42.5 Å². The molecule has 0 saturated carbocycles. The van der Waals surface area contributed by atoms with Crippen LogP contribution in [0.3, 0.4) is 0 Å². The largest absolute Gasteiger partial charge is 0.479 e. The van der Waals surface area contributed by atoms with E-state index in [0.717, 1.165) is 0 Å². The standard InChI is InChI=1S/C17H14Cl3NO4/c1-10(25-12-7-5-11(18)6-8-12)17(23)24-9-15(22)21-14-4-2-3-13(19)16(14)20/h2-8,10H,9H2,1H3,(H,21,22)/t10-/m0/s1. The number of nitrogens with one attached hydrogen (secondary N) is 1. The molecule has 0 saturated heterocycles. The van der Waals surface area contributed by atoms with E-state index in [-0.39, 0.29) is 5.02 Å². The molecule has 25 heavy (non-hydrogen) atoms. The van der Waals surface area contributed by atoms with Gasteiger partial charge in [-0.2, -0.15) is 0 Å². The minimum atomic E-state index is -0.885. The summed E-state index contributed by atoms with van der Waals surface area (Å²) in [7, 11) is 0. The Balaban J connectivity index is 1.83. The van der Waals surface area contributed by atoms with Crippen LogP contribution in [-0.2, 0) is 14.3 Å². The van der Waals surface area contributed by atoms with Crippen molar-refractivity contribution in [1.82, 2.24) is 0 Å². The third-order valence-corrected chi connectivity index (χ3v) is 4.10. The zero-order valence-corrected chi connectivity index (χ0v) is 15.4. The Labute approximate surface area is 159 Å². The van der Waals surface area contributed by atoms with Crippen molar-refractivity contribution >= 4 is 52.4 Å². The van der Waals surface area contributed by atoms with Crippen molar-refractivity contribution in [2.45, 2.75) is 13.0 Å². The molecule has 5 nitrogen and oxygen atoms in total. The summed E-state index contributed by atoms with van der Waals surface area (Å²) in [6, 6.07) is 11.3. The Bertz CT molecular complexity index is 765. The van der Waals surface area contributed by atoms with Crippen LogP contribution in [0, 0.1) is 0 Å². The number of carbonyl (C=O) groups is 2. The van der Waals surface area contributed by atoms with E-state index in [1.165, 1.54) is 6.92 Å². The molecule has 2 aromatic carbocycles. The zero-order chi connectivity index (χ0) is 18.4. The van der Waals surface area contributed by atoms with Gasteiger partial charge in [0.05, 0.1) is 15.7 Å². The van der Waals surface area contributed by atoms with E-state index >= 15 is 0 Å². The molecule has 0 aliphatic heterocycles. The predicted molar refractivity (Wildman–Crippen MR) is 97.6 cm³/mol. The van der Waals surface area contributed by atoms with Crippen LogP contribution in [0.15, 0.2) is 42.5 Å². The summed E-state index contributed by atoms with van der Waals surface area (Å²) in [5, 5.41) is 3.59. The highest BCUT2D eigenvalue weighted by Gasteiger charge is 2.18. The molecule has 2 rings (SSSR count). The third kappa shape index (κ3) is 5.81. The number of ether oxygens (including phenoxy) is 2. The summed E-state index contributed by atoms with van der Waals surface area (Å²) < 4.78 is 10.3. The van der Waals surface area contributed by atoms with Crippen molar-refractivity contribution in [3.63, 3.8) is 0 Å². The van der Waals surface area contributed by atoms with Gasteiger partial charge in [0.1, 0.15) is 5.75 Å². The lowest BCUT2D eigenvalue weighted by atomic mass is 10.3. The molecular weight excluding hydrogens is 389 g/mol. The molecule has 0 unspecified atom stereocenters. The first-order valence-corrected chi connectivity index (χ1v) is 8.33. The highest BCUT2D eigenvalue weighted by atomic mass is 35.5. The maximum Gasteiger partial charge on any atom is 0.347 e. The fourth-order valence-corrected chi connectivity index (χ4v) is 2.28. The quantitative estimate of drug-likeness (QED) is 0.717. The summed E-state index contributed by atoms with van der Waals surface area (Å²) in [5.74, 6) is -0.762. The number of hydrogen-bond acceptors (Lipinski definition) is 4. The molecule has 132 valence electrons. The van der Waals surface area contributed by atoms with Crippen molar-refractivity contribution in [3.8, 4) is 5.75 Å². The number of halogens is 3. The number of hydrogen-bond donors (Lipinski definition) is 1. The molecule has 1 amide bonds. The minimum Gasteiger partial charge on any atom is -0.479 e. The molecule has 0 aliphatic carbocycles. The second-order valence-electron chi connectivity index (χ2n) is 4.97.